The van der Waals surface area contributed by atoms with Crippen molar-refractivity contribution < 1.29 is 14.7 Å². The third-order valence-electron chi connectivity index (χ3n) is 2.54. The van der Waals surface area contributed by atoms with Crippen molar-refractivity contribution in [3.63, 3.8) is 0 Å². The second-order valence-corrected chi connectivity index (χ2v) is 4.32. The van der Waals surface area contributed by atoms with E-state index in [1.165, 1.54) is 6.33 Å². The number of hydrogen-bond acceptors (Lipinski definition) is 3. The number of aryl methyl sites for hydroxylation is 1. The van der Waals surface area contributed by atoms with E-state index in [1.54, 1.807) is 17.8 Å². The molecule has 6 heteroatoms. The van der Waals surface area contributed by atoms with Crippen LogP contribution in [0.2, 0.25) is 0 Å². The molecule has 0 saturated heterocycles. The van der Waals surface area contributed by atoms with Crippen LogP contribution in [0.1, 0.15) is 24.3 Å². The average molecular weight is 239 g/mol. The molecule has 0 aromatic carbocycles. The van der Waals surface area contributed by atoms with Gasteiger partial charge < -0.3 is 15.0 Å². The second-order valence-electron chi connectivity index (χ2n) is 4.32. The van der Waals surface area contributed by atoms with Crippen LogP contribution in [-0.4, -0.2) is 33.1 Å². The Labute approximate surface area is 99.7 Å². The van der Waals surface area contributed by atoms with E-state index in [2.05, 4.69) is 10.3 Å². The number of nitrogens with zero attached hydrogens (tertiary/aromatic N) is 2. The predicted molar refractivity (Wildman–Crippen MR) is 61.5 cm³/mol. The lowest BCUT2D eigenvalue weighted by atomic mass is 9.96. The number of carboxylic acid groups (broad SMARTS) is 1. The number of rotatable bonds is 5. The zero-order valence-corrected chi connectivity index (χ0v) is 10.2. The van der Waals surface area contributed by atoms with Gasteiger partial charge in [0.1, 0.15) is 5.69 Å². The molecule has 17 heavy (non-hydrogen) atoms. The quantitative estimate of drug-likeness (QED) is 0.784. The van der Waals surface area contributed by atoms with Gasteiger partial charge in [0.25, 0.3) is 5.91 Å². The maximum atomic E-state index is 11.6. The van der Waals surface area contributed by atoms with Crippen LogP contribution in [0.4, 0.5) is 0 Å². The standard InChI is InChI=1S/C11H17N3O3/c1-7(2)8(11(16)17)4-12-10(15)9-5-14(3)6-13-9/h5-8H,4H2,1-3H3,(H,12,15)(H,16,17). The van der Waals surface area contributed by atoms with E-state index in [-0.39, 0.29) is 18.4 Å². The highest BCUT2D eigenvalue weighted by Gasteiger charge is 2.22. The van der Waals surface area contributed by atoms with Gasteiger partial charge in [0.05, 0.1) is 12.2 Å². The molecular formula is C11H17N3O3. The fraction of sp³-hybridized carbons (Fsp3) is 0.545. The summed E-state index contributed by atoms with van der Waals surface area (Å²) in [7, 11) is 1.76. The highest BCUT2D eigenvalue weighted by atomic mass is 16.4. The van der Waals surface area contributed by atoms with Crippen LogP contribution >= 0.6 is 0 Å². The molecule has 0 aliphatic heterocycles. The Bertz CT molecular complexity index is 412. The fourth-order valence-electron chi connectivity index (χ4n) is 1.43. The summed E-state index contributed by atoms with van der Waals surface area (Å²) < 4.78 is 1.66. The summed E-state index contributed by atoms with van der Waals surface area (Å²) in [6.45, 7) is 3.74. The lowest BCUT2D eigenvalue weighted by molar-refractivity contribution is -0.142. The molecule has 94 valence electrons. The number of imidazole rings is 1. The lowest BCUT2D eigenvalue weighted by Gasteiger charge is -2.16. The van der Waals surface area contributed by atoms with Crippen molar-refractivity contribution in [3.8, 4) is 0 Å². The van der Waals surface area contributed by atoms with Crippen LogP contribution in [0.25, 0.3) is 0 Å². The monoisotopic (exact) mass is 239 g/mol. The molecule has 0 spiro atoms. The first-order valence-electron chi connectivity index (χ1n) is 5.40. The largest absolute Gasteiger partial charge is 0.481 e. The highest BCUT2D eigenvalue weighted by Crippen LogP contribution is 2.09. The first-order chi connectivity index (χ1) is 7.91. The molecule has 1 heterocycles. The summed E-state index contributed by atoms with van der Waals surface area (Å²) in [5, 5.41) is 11.5. The van der Waals surface area contributed by atoms with E-state index < -0.39 is 11.9 Å². The Balaban J connectivity index is 2.55. The second kappa shape index (κ2) is 5.47. The summed E-state index contributed by atoms with van der Waals surface area (Å²) in [4.78, 5) is 26.4. The summed E-state index contributed by atoms with van der Waals surface area (Å²) in [6, 6.07) is 0. The maximum Gasteiger partial charge on any atom is 0.308 e. The van der Waals surface area contributed by atoms with Crippen molar-refractivity contribution in [2.75, 3.05) is 6.54 Å². The SMILES string of the molecule is CC(C)C(CNC(=O)c1cn(C)cn1)C(=O)O. The summed E-state index contributed by atoms with van der Waals surface area (Å²) in [5.41, 5.74) is 0.292. The van der Waals surface area contributed by atoms with E-state index >= 15 is 0 Å². The van der Waals surface area contributed by atoms with E-state index in [0.717, 1.165) is 0 Å². The first-order valence-corrected chi connectivity index (χ1v) is 5.40. The molecule has 1 amide bonds. The minimum absolute atomic E-state index is 0.0310. The summed E-state index contributed by atoms with van der Waals surface area (Å²) in [6.07, 6.45) is 3.10. The van der Waals surface area contributed by atoms with Gasteiger partial charge in [0.15, 0.2) is 0 Å². The number of aromatic nitrogens is 2. The lowest BCUT2D eigenvalue weighted by Crippen LogP contribution is -2.35. The van der Waals surface area contributed by atoms with Gasteiger partial charge in [-0.05, 0) is 5.92 Å². The van der Waals surface area contributed by atoms with Crippen molar-refractivity contribution in [3.05, 3.63) is 18.2 Å². The minimum atomic E-state index is -0.902. The third-order valence-corrected chi connectivity index (χ3v) is 2.54. The Morgan fingerprint density at radius 3 is 2.59 bits per heavy atom. The van der Waals surface area contributed by atoms with E-state index in [1.807, 2.05) is 13.8 Å². The number of carbonyl (C=O) groups is 2. The molecule has 0 aliphatic carbocycles. The fourth-order valence-corrected chi connectivity index (χ4v) is 1.43. The van der Waals surface area contributed by atoms with E-state index in [0.29, 0.717) is 5.69 Å². The molecule has 1 rings (SSSR count). The molecule has 2 N–H and O–H groups in total. The summed E-state index contributed by atoms with van der Waals surface area (Å²) in [5.74, 6) is -1.86. The van der Waals surface area contributed by atoms with Crippen molar-refractivity contribution in [1.29, 1.82) is 0 Å². The zero-order valence-electron chi connectivity index (χ0n) is 10.2. The molecule has 1 aromatic heterocycles. The van der Waals surface area contributed by atoms with Crippen molar-refractivity contribution in [2.45, 2.75) is 13.8 Å². The first kappa shape index (κ1) is 13.2. The van der Waals surface area contributed by atoms with Gasteiger partial charge in [0.2, 0.25) is 0 Å². The van der Waals surface area contributed by atoms with Crippen molar-refractivity contribution in [2.24, 2.45) is 18.9 Å². The van der Waals surface area contributed by atoms with Crippen LogP contribution < -0.4 is 5.32 Å². The molecule has 0 radical (unpaired) electrons. The summed E-state index contributed by atoms with van der Waals surface area (Å²) >= 11 is 0. The van der Waals surface area contributed by atoms with Crippen LogP contribution in [-0.2, 0) is 11.8 Å². The van der Waals surface area contributed by atoms with Crippen LogP contribution in [0.15, 0.2) is 12.5 Å². The normalized spacial score (nSPS) is 12.5. The average Bonchev–Trinajstić information content (AvgIpc) is 2.63. The Kier molecular flexibility index (Phi) is 4.25. The third kappa shape index (κ3) is 3.58. The Morgan fingerprint density at radius 2 is 2.18 bits per heavy atom. The maximum absolute atomic E-state index is 11.6. The number of nitrogens with one attached hydrogen (secondary N) is 1. The molecule has 6 nitrogen and oxygen atoms in total. The van der Waals surface area contributed by atoms with Crippen LogP contribution in [0, 0.1) is 11.8 Å². The van der Waals surface area contributed by atoms with E-state index in [9.17, 15) is 9.59 Å². The molecule has 0 aliphatic rings. The van der Waals surface area contributed by atoms with Crippen LogP contribution in [0.3, 0.4) is 0 Å². The number of carbonyl (C=O) groups excluding carboxylic acids is 1. The number of amides is 1. The van der Waals surface area contributed by atoms with Gasteiger partial charge in [-0.15, -0.1) is 0 Å². The van der Waals surface area contributed by atoms with Gasteiger partial charge >= 0.3 is 5.97 Å². The topological polar surface area (TPSA) is 84.2 Å². The van der Waals surface area contributed by atoms with Gasteiger partial charge in [-0.2, -0.15) is 0 Å². The number of aliphatic carboxylic acids is 1. The minimum Gasteiger partial charge on any atom is -0.481 e. The molecule has 0 bridgehead atoms. The Morgan fingerprint density at radius 1 is 1.53 bits per heavy atom. The highest BCUT2D eigenvalue weighted by molar-refractivity contribution is 5.92. The van der Waals surface area contributed by atoms with E-state index in [4.69, 9.17) is 5.11 Å². The smallest absolute Gasteiger partial charge is 0.308 e. The molecule has 1 unspecified atom stereocenters. The van der Waals surface area contributed by atoms with Crippen molar-refractivity contribution in [1.82, 2.24) is 14.9 Å². The molecule has 1 aromatic rings. The van der Waals surface area contributed by atoms with Crippen molar-refractivity contribution >= 4 is 11.9 Å². The molecule has 0 fully saturated rings. The zero-order chi connectivity index (χ0) is 13.0. The predicted octanol–water partition coefficient (Wildman–Crippen LogP) is 0.507. The Hall–Kier alpha value is -1.85. The molecule has 1 atom stereocenters. The number of hydrogen-bond donors (Lipinski definition) is 2. The van der Waals surface area contributed by atoms with Crippen LogP contribution in [0.5, 0.6) is 0 Å². The van der Waals surface area contributed by atoms with Gasteiger partial charge in [-0.3, -0.25) is 9.59 Å². The van der Waals surface area contributed by atoms with Gasteiger partial charge in [-0.25, -0.2) is 4.98 Å². The molecular weight excluding hydrogens is 222 g/mol. The van der Waals surface area contributed by atoms with Gasteiger partial charge in [0, 0.05) is 19.8 Å². The van der Waals surface area contributed by atoms with Gasteiger partial charge in [-0.1, -0.05) is 13.8 Å². The molecule has 0 saturated carbocycles. The number of carboxylic acids is 1.